The quantitative estimate of drug-likeness (QED) is 0.574. The van der Waals surface area contributed by atoms with Crippen LogP contribution in [0.25, 0.3) is 0 Å². The number of hydrogen-bond donors (Lipinski definition) is 2. The molecular formula is C26H35N3O3. The summed E-state index contributed by atoms with van der Waals surface area (Å²) >= 11 is 0. The number of amides is 3. The smallest absolute Gasteiger partial charge is 0.317 e. The number of rotatable bonds is 9. The minimum atomic E-state index is -0.192. The average molecular weight is 438 g/mol. The van der Waals surface area contributed by atoms with Gasteiger partial charge in [0.25, 0.3) is 0 Å². The van der Waals surface area contributed by atoms with Gasteiger partial charge in [-0.3, -0.25) is 4.79 Å². The lowest BCUT2D eigenvalue weighted by molar-refractivity contribution is -0.126. The van der Waals surface area contributed by atoms with E-state index >= 15 is 0 Å². The predicted molar refractivity (Wildman–Crippen MR) is 127 cm³/mol. The maximum absolute atomic E-state index is 12.9. The molecule has 3 rings (SSSR count). The van der Waals surface area contributed by atoms with E-state index in [9.17, 15) is 9.59 Å². The molecule has 0 bridgehead atoms. The number of ether oxygens (including phenoxy) is 1. The number of piperidine rings is 1. The molecule has 6 heteroatoms. The molecule has 1 aliphatic rings. The fourth-order valence-corrected chi connectivity index (χ4v) is 4.17. The van der Waals surface area contributed by atoms with E-state index < -0.39 is 0 Å². The van der Waals surface area contributed by atoms with Crippen molar-refractivity contribution in [3.8, 4) is 5.75 Å². The third-order valence-corrected chi connectivity index (χ3v) is 6.08. The first-order chi connectivity index (χ1) is 15.6. The van der Waals surface area contributed by atoms with Crippen molar-refractivity contribution in [2.75, 3.05) is 26.7 Å². The summed E-state index contributed by atoms with van der Waals surface area (Å²) in [6.07, 6.45) is 4.29. The molecule has 3 amide bonds. The van der Waals surface area contributed by atoms with Crippen molar-refractivity contribution in [2.24, 2.45) is 5.92 Å². The minimum Gasteiger partial charge on any atom is -0.497 e. The van der Waals surface area contributed by atoms with Gasteiger partial charge in [0.2, 0.25) is 5.91 Å². The van der Waals surface area contributed by atoms with Crippen molar-refractivity contribution in [2.45, 2.75) is 45.1 Å². The summed E-state index contributed by atoms with van der Waals surface area (Å²) in [4.78, 5) is 27.7. The van der Waals surface area contributed by atoms with Crippen LogP contribution in [0.2, 0.25) is 0 Å². The van der Waals surface area contributed by atoms with Crippen molar-refractivity contribution in [1.82, 2.24) is 15.5 Å². The largest absolute Gasteiger partial charge is 0.497 e. The Balaban J connectivity index is 1.58. The summed E-state index contributed by atoms with van der Waals surface area (Å²) in [6.45, 7) is 3.77. The molecule has 1 saturated heterocycles. The van der Waals surface area contributed by atoms with Crippen LogP contribution in [0.5, 0.6) is 5.75 Å². The van der Waals surface area contributed by atoms with Crippen LogP contribution < -0.4 is 15.4 Å². The van der Waals surface area contributed by atoms with E-state index in [2.05, 4.69) is 29.7 Å². The molecule has 2 aromatic rings. The van der Waals surface area contributed by atoms with Gasteiger partial charge in [0, 0.05) is 19.6 Å². The number of nitrogens with one attached hydrogen (secondary N) is 2. The van der Waals surface area contributed by atoms with Crippen LogP contribution in [-0.2, 0) is 11.2 Å². The van der Waals surface area contributed by atoms with Crippen LogP contribution in [0.15, 0.2) is 54.6 Å². The molecule has 1 heterocycles. The van der Waals surface area contributed by atoms with Gasteiger partial charge in [0.1, 0.15) is 5.75 Å². The summed E-state index contributed by atoms with van der Waals surface area (Å²) in [5.41, 5.74) is 2.27. The van der Waals surface area contributed by atoms with Gasteiger partial charge in [0.15, 0.2) is 0 Å². The topological polar surface area (TPSA) is 70.7 Å². The lowest BCUT2D eigenvalue weighted by atomic mass is 9.88. The van der Waals surface area contributed by atoms with Crippen LogP contribution in [0, 0.1) is 5.92 Å². The zero-order valence-electron chi connectivity index (χ0n) is 19.2. The van der Waals surface area contributed by atoms with Gasteiger partial charge >= 0.3 is 6.03 Å². The van der Waals surface area contributed by atoms with Crippen molar-refractivity contribution in [3.63, 3.8) is 0 Å². The molecule has 0 aliphatic carbocycles. The Bertz CT molecular complexity index is 854. The Morgan fingerprint density at radius 3 is 2.44 bits per heavy atom. The molecular weight excluding hydrogens is 402 g/mol. The van der Waals surface area contributed by atoms with Crippen molar-refractivity contribution in [3.05, 3.63) is 65.7 Å². The van der Waals surface area contributed by atoms with Gasteiger partial charge in [-0.05, 0) is 48.9 Å². The second kappa shape index (κ2) is 12.1. The van der Waals surface area contributed by atoms with Crippen LogP contribution in [0.3, 0.4) is 0 Å². The Morgan fingerprint density at radius 2 is 1.75 bits per heavy atom. The normalized spacial score (nSPS) is 18.1. The number of benzene rings is 2. The van der Waals surface area contributed by atoms with E-state index in [1.165, 1.54) is 0 Å². The lowest BCUT2D eigenvalue weighted by Crippen LogP contribution is -2.50. The third kappa shape index (κ3) is 6.49. The zero-order valence-corrected chi connectivity index (χ0v) is 19.2. The molecule has 172 valence electrons. The molecule has 0 saturated carbocycles. The van der Waals surface area contributed by atoms with Crippen LogP contribution in [0.1, 0.15) is 49.8 Å². The van der Waals surface area contributed by atoms with E-state index in [0.717, 1.165) is 49.0 Å². The number of methoxy groups -OCH3 is 1. The van der Waals surface area contributed by atoms with Gasteiger partial charge in [-0.25, -0.2) is 4.79 Å². The summed E-state index contributed by atoms with van der Waals surface area (Å²) in [6, 6.07) is 17.9. The maximum atomic E-state index is 12.9. The molecule has 6 nitrogen and oxygen atoms in total. The maximum Gasteiger partial charge on any atom is 0.317 e. The standard InChI is InChI=1S/C26H35N3O3/c1-3-4-17-28-26(31)29-19-22(12-15-24(29)21-8-6-5-7-9-21)25(30)27-18-16-20-10-13-23(32-2)14-11-20/h5-11,13-14,22,24H,3-4,12,15-19H2,1-2H3,(H,27,30)(H,28,31)/t22-,24+/m0/s1. The first kappa shape index (κ1) is 23.6. The predicted octanol–water partition coefficient (Wildman–Crippen LogP) is 4.32. The highest BCUT2D eigenvalue weighted by Gasteiger charge is 2.35. The van der Waals surface area contributed by atoms with Crippen molar-refractivity contribution in [1.29, 1.82) is 0 Å². The first-order valence-corrected chi connectivity index (χ1v) is 11.6. The molecule has 2 atom stereocenters. The van der Waals surface area contributed by atoms with Crippen molar-refractivity contribution >= 4 is 11.9 Å². The fraction of sp³-hybridized carbons (Fsp3) is 0.462. The number of carbonyl (C=O) groups is 2. The molecule has 1 aliphatic heterocycles. The summed E-state index contributed by atoms with van der Waals surface area (Å²) in [5, 5.41) is 6.10. The summed E-state index contributed by atoms with van der Waals surface area (Å²) in [7, 11) is 1.65. The highest BCUT2D eigenvalue weighted by molar-refractivity contribution is 5.81. The van der Waals surface area contributed by atoms with Crippen molar-refractivity contribution < 1.29 is 14.3 Å². The van der Waals surface area contributed by atoms with E-state index in [4.69, 9.17) is 4.74 Å². The molecule has 0 unspecified atom stereocenters. The molecule has 0 radical (unpaired) electrons. The molecule has 0 aromatic heterocycles. The Hall–Kier alpha value is -3.02. The highest BCUT2D eigenvalue weighted by Crippen LogP contribution is 2.33. The molecule has 2 N–H and O–H groups in total. The number of urea groups is 1. The van der Waals surface area contributed by atoms with E-state index in [1.807, 2.05) is 47.4 Å². The van der Waals surface area contributed by atoms with Gasteiger partial charge in [0.05, 0.1) is 19.1 Å². The third-order valence-electron chi connectivity index (χ3n) is 6.08. The zero-order chi connectivity index (χ0) is 22.8. The summed E-state index contributed by atoms with van der Waals surface area (Å²) < 4.78 is 5.18. The number of likely N-dealkylation sites (tertiary alicyclic amines) is 1. The second-order valence-electron chi connectivity index (χ2n) is 8.33. The number of hydrogen-bond acceptors (Lipinski definition) is 3. The number of nitrogens with zero attached hydrogens (tertiary/aromatic N) is 1. The van der Waals surface area contributed by atoms with Crippen LogP contribution >= 0.6 is 0 Å². The SMILES string of the molecule is CCCCNC(=O)N1C[C@@H](C(=O)NCCc2ccc(OC)cc2)CC[C@@H]1c1ccccc1. The lowest BCUT2D eigenvalue weighted by Gasteiger charge is -2.39. The van der Waals surface area contributed by atoms with E-state index in [1.54, 1.807) is 7.11 Å². The number of unbranched alkanes of at least 4 members (excludes halogenated alkanes) is 1. The summed E-state index contributed by atoms with van der Waals surface area (Å²) in [5.74, 6) is 0.657. The minimum absolute atomic E-state index is 0.00109. The van der Waals surface area contributed by atoms with Gasteiger partial charge in [-0.15, -0.1) is 0 Å². The first-order valence-electron chi connectivity index (χ1n) is 11.6. The van der Waals surface area contributed by atoms with Gasteiger partial charge < -0.3 is 20.3 Å². The average Bonchev–Trinajstić information content (AvgIpc) is 2.84. The van der Waals surface area contributed by atoms with Crippen LogP contribution in [-0.4, -0.2) is 43.6 Å². The van der Waals surface area contributed by atoms with Gasteiger partial charge in [-0.2, -0.15) is 0 Å². The molecule has 0 spiro atoms. The Labute approximate surface area is 191 Å². The van der Waals surface area contributed by atoms with E-state index in [-0.39, 0.29) is 23.9 Å². The van der Waals surface area contributed by atoms with Gasteiger partial charge in [-0.1, -0.05) is 55.8 Å². The fourth-order valence-electron chi connectivity index (χ4n) is 4.17. The van der Waals surface area contributed by atoms with Crippen LogP contribution in [0.4, 0.5) is 4.79 Å². The number of carbonyl (C=O) groups excluding carboxylic acids is 2. The molecule has 1 fully saturated rings. The molecule has 2 aromatic carbocycles. The Kier molecular flexibility index (Phi) is 8.96. The Morgan fingerprint density at radius 1 is 1.00 bits per heavy atom. The highest BCUT2D eigenvalue weighted by atomic mass is 16.5. The monoisotopic (exact) mass is 437 g/mol. The second-order valence-corrected chi connectivity index (χ2v) is 8.33. The molecule has 32 heavy (non-hydrogen) atoms. The van der Waals surface area contributed by atoms with E-state index in [0.29, 0.717) is 19.6 Å².